The van der Waals surface area contributed by atoms with E-state index in [-0.39, 0.29) is 16.6 Å². The Morgan fingerprint density at radius 1 is 1.20 bits per heavy atom. The molecule has 1 nitrogen and oxygen atoms in total. The number of nitrogens with one attached hydrogen (secondary N) is 1. The van der Waals surface area contributed by atoms with Crippen LogP contribution in [-0.4, -0.2) is 7.05 Å². The summed E-state index contributed by atoms with van der Waals surface area (Å²) < 4.78 is 39.2. The minimum Gasteiger partial charge on any atom is -0.313 e. The molecule has 0 radical (unpaired) electrons. The van der Waals surface area contributed by atoms with Gasteiger partial charge in [-0.05, 0) is 38.2 Å². The van der Waals surface area contributed by atoms with Crippen molar-refractivity contribution in [2.45, 2.75) is 19.1 Å². The molecule has 0 aliphatic heterocycles. The number of rotatable bonds is 3. The summed E-state index contributed by atoms with van der Waals surface area (Å²) in [4.78, 5) is 1.58. The van der Waals surface area contributed by atoms with E-state index in [0.29, 0.717) is 4.88 Å². The Labute approximate surface area is 124 Å². The second-order valence-electron chi connectivity index (χ2n) is 4.40. The molecular formula is C14H13ClF3NS. The number of halogens is 4. The molecule has 1 atom stereocenters. The van der Waals surface area contributed by atoms with Crippen molar-refractivity contribution in [3.8, 4) is 10.4 Å². The molecule has 0 bridgehead atoms. The van der Waals surface area contributed by atoms with Gasteiger partial charge in [0.25, 0.3) is 0 Å². The first kappa shape index (κ1) is 15.4. The summed E-state index contributed by atoms with van der Waals surface area (Å²) >= 11 is 7.03. The van der Waals surface area contributed by atoms with Crippen molar-refractivity contribution in [3.63, 3.8) is 0 Å². The Morgan fingerprint density at radius 3 is 2.50 bits per heavy atom. The number of benzene rings is 1. The summed E-state index contributed by atoms with van der Waals surface area (Å²) in [5, 5.41) is 3.15. The molecule has 108 valence electrons. The van der Waals surface area contributed by atoms with Crippen LogP contribution in [0.4, 0.5) is 13.2 Å². The number of thiophene rings is 1. The topological polar surface area (TPSA) is 12.0 Å². The van der Waals surface area contributed by atoms with Crippen molar-refractivity contribution in [2.24, 2.45) is 0 Å². The van der Waals surface area contributed by atoms with Crippen molar-refractivity contribution in [1.82, 2.24) is 5.32 Å². The van der Waals surface area contributed by atoms with E-state index in [0.717, 1.165) is 10.9 Å². The fraction of sp³-hybridized carbons (Fsp3) is 0.286. The first-order valence-electron chi connectivity index (χ1n) is 5.97. The first-order valence-corrected chi connectivity index (χ1v) is 7.16. The van der Waals surface area contributed by atoms with Gasteiger partial charge in [0, 0.05) is 26.4 Å². The largest absolute Gasteiger partial charge is 0.417 e. The molecule has 0 saturated carbocycles. The fourth-order valence-electron chi connectivity index (χ4n) is 1.84. The molecule has 0 amide bonds. The molecule has 1 N–H and O–H groups in total. The van der Waals surface area contributed by atoms with Crippen LogP contribution >= 0.6 is 22.9 Å². The van der Waals surface area contributed by atoms with Gasteiger partial charge in [0.15, 0.2) is 0 Å². The van der Waals surface area contributed by atoms with Crippen LogP contribution < -0.4 is 5.32 Å². The van der Waals surface area contributed by atoms with Crippen molar-refractivity contribution in [3.05, 3.63) is 45.8 Å². The van der Waals surface area contributed by atoms with Crippen molar-refractivity contribution in [2.75, 3.05) is 7.05 Å². The number of alkyl halides is 3. The smallest absolute Gasteiger partial charge is 0.313 e. The minimum absolute atomic E-state index is 0.0847. The van der Waals surface area contributed by atoms with Gasteiger partial charge in [-0.25, -0.2) is 0 Å². The maximum atomic E-state index is 13.1. The zero-order chi connectivity index (χ0) is 14.9. The van der Waals surface area contributed by atoms with Crippen LogP contribution in [0.5, 0.6) is 0 Å². The molecule has 1 unspecified atom stereocenters. The zero-order valence-corrected chi connectivity index (χ0v) is 12.5. The molecule has 6 heteroatoms. The molecule has 1 aromatic carbocycles. The Morgan fingerprint density at radius 2 is 1.90 bits per heavy atom. The van der Waals surface area contributed by atoms with Crippen molar-refractivity contribution < 1.29 is 13.2 Å². The highest BCUT2D eigenvalue weighted by atomic mass is 35.5. The van der Waals surface area contributed by atoms with E-state index >= 15 is 0 Å². The normalized spacial score (nSPS) is 13.5. The van der Waals surface area contributed by atoms with Crippen LogP contribution in [0.2, 0.25) is 5.02 Å². The third-order valence-corrected chi connectivity index (χ3v) is 4.58. The van der Waals surface area contributed by atoms with Crippen LogP contribution in [0.25, 0.3) is 10.4 Å². The summed E-state index contributed by atoms with van der Waals surface area (Å²) in [6.07, 6.45) is -4.42. The molecule has 0 fully saturated rings. The van der Waals surface area contributed by atoms with E-state index in [1.54, 1.807) is 6.07 Å². The van der Waals surface area contributed by atoms with E-state index in [1.807, 2.05) is 20.0 Å². The Balaban J connectivity index is 2.50. The van der Waals surface area contributed by atoms with Crippen LogP contribution in [0.3, 0.4) is 0 Å². The van der Waals surface area contributed by atoms with E-state index in [9.17, 15) is 13.2 Å². The van der Waals surface area contributed by atoms with Gasteiger partial charge < -0.3 is 5.32 Å². The van der Waals surface area contributed by atoms with Gasteiger partial charge in [0.2, 0.25) is 0 Å². The second-order valence-corrected chi connectivity index (χ2v) is 5.95. The molecule has 20 heavy (non-hydrogen) atoms. The van der Waals surface area contributed by atoms with Gasteiger partial charge in [-0.1, -0.05) is 17.7 Å². The van der Waals surface area contributed by atoms with E-state index in [2.05, 4.69) is 5.32 Å². The SMILES string of the molecule is CNC(C)c1ccc(-c2ccc(Cl)cc2C(F)(F)F)s1. The molecule has 0 saturated heterocycles. The summed E-state index contributed by atoms with van der Waals surface area (Å²) in [5.74, 6) is 0. The monoisotopic (exact) mass is 319 g/mol. The quantitative estimate of drug-likeness (QED) is 0.802. The van der Waals surface area contributed by atoms with Gasteiger partial charge in [0.05, 0.1) is 5.56 Å². The minimum atomic E-state index is -4.42. The molecule has 0 aliphatic rings. The molecule has 0 aliphatic carbocycles. The molecule has 1 heterocycles. The van der Waals surface area contributed by atoms with Crippen molar-refractivity contribution >= 4 is 22.9 Å². The fourth-order valence-corrected chi connectivity index (χ4v) is 3.12. The first-order chi connectivity index (χ1) is 9.32. The summed E-state index contributed by atoms with van der Waals surface area (Å²) in [6, 6.07) is 7.54. The van der Waals surface area contributed by atoms with Crippen LogP contribution in [0.1, 0.15) is 23.4 Å². The Hall–Kier alpha value is -1.04. The number of hydrogen-bond acceptors (Lipinski definition) is 2. The summed E-state index contributed by atoms with van der Waals surface area (Å²) in [5.41, 5.74) is -0.531. The summed E-state index contributed by atoms with van der Waals surface area (Å²) in [6.45, 7) is 1.96. The van der Waals surface area contributed by atoms with Gasteiger partial charge in [-0.15, -0.1) is 11.3 Å². The van der Waals surface area contributed by atoms with Gasteiger partial charge in [-0.2, -0.15) is 13.2 Å². The van der Waals surface area contributed by atoms with Gasteiger partial charge in [0.1, 0.15) is 0 Å². The van der Waals surface area contributed by atoms with E-state index < -0.39 is 11.7 Å². The van der Waals surface area contributed by atoms with E-state index in [1.165, 1.54) is 23.5 Å². The Bertz CT molecular complexity index is 607. The van der Waals surface area contributed by atoms with E-state index in [4.69, 9.17) is 11.6 Å². The third-order valence-electron chi connectivity index (χ3n) is 3.04. The van der Waals surface area contributed by atoms with Crippen LogP contribution in [0.15, 0.2) is 30.3 Å². The summed E-state index contributed by atoms with van der Waals surface area (Å²) in [7, 11) is 1.81. The van der Waals surface area contributed by atoms with Gasteiger partial charge >= 0.3 is 6.18 Å². The highest BCUT2D eigenvalue weighted by molar-refractivity contribution is 7.15. The van der Waals surface area contributed by atoms with Crippen LogP contribution in [0, 0.1) is 0 Å². The second kappa shape index (κ2) is 5.76. The lowest BCUT2D eigenvalue weighted by molar-refractivity contribution is -0.137. The maximum Gasteiger partial charge on any atom is 0.417 e. The lowest BCUT2D eigenvalue weighted by Crippen LogP contribution is -2.10. The highest BCUT2D eigenvalue weighted by Gasteiger charge is 2.34. The van der Waals surface area contributed by atoms with Crippen LogP contribution in [-0.2, 0) is 6.18 Å². The zero-order valence-electron chi connectivity index (χ0n) is 10.9. The highest BCUT2D eigenvalue weighted by Crippen LogP contribution is 2.41. The standard InChI is InChI=1S/C14H13ClF3NS/c1-8(19-2)12-5-6-13(20-12)10-4-3-9(15)7-11(10)14(16,17)18/h3-8,19H,1-2H3. The maximum absolute atomic E-state index is 13.1. The average Bonchev–Trinajstić information content (AvgIpc) is 2.86. The third kappa shape index (κ3) is 3.16. The average molecular weight is 320 g/mol. The number of hydrogen-bond donors (Lipinski definition) is 1. The predicted molar refractivity (Wildman–Crippen MR) is 77.2 cm³/mol. The van der Waals surface area contributed by atoms with Gasteiger partial charge in [-0.3, -0.25) is 0 Å². The van der Waals surface area contributed by atoms with Crippen molar-refractivity contribution in [1.29, 1.82) is 0 Å². The molecular weight excluding hydrogens is 307 g/mol. The molecule has 2 rings (SSSR count). The lowest BCUT2D eigenvalue weighted by Gasteiger charge is -2.12. The molecule has 1 aromatic heterocycles. The predicted octanol–water partition coefficient (Wildman–Crippen LogP) is 5.37. The molecule has 0 spiro atoms. The Kier molecular flexibility index (Phi) is 4.42. The lowest BCUT2D eigenvalue weighted by atomic mass is 10.1. The molecule has 2 aromatic rings.